The number of benzene rings is 1. The summed E-state index contributed by atoms with van der Waals surface area (Å²) in [5, 5.41) is 21.8. The van der Waals surface area contributed by atoms with Gasteiger partial charge in [0.15, 0.2) is 5.82 Å². The second-order valence-corrected chi connectivity index (χ2v) is 10.2. The minimum Gasteiger partial charge on any atom is -0.392 e. The van der Waals surface area contributed by atoms with Gasteiger partial charge in [-0.3, -0.25) is 0 Å². The number of hydrogen-bond donors (Lipinski definition) is 2. The number of nitrogen functional groups attached to an aromatic ring is 1. The highest BCUT2D eigenvalue weighted by atomic mass is 32.2. The molecule has 1 atom stereocenters. The van der Waals surface area contributed by atoms with E-state index in [0.29, 0.717) is 13.1 Å². The first-order valence-electron chi connectivity index (χ1n) is 10.4. The maximum Gasteiger partial charge on any atom is 0.238 e. The second kappa shape index (κ2) is 9.01. The van der Waals surface area contributed by atoms with Crippen molar-refractivity contribution in [1.82, 2.24) is 18.9 Å². The molecule has 1 saturated heterocycles. The lowest BCUT2D eigenvalue weighted by molar-refractivity contribution is 0.108. The third kappa shape index (κ3) is 4.80. The Hall–Kier alpha value is -3.14. The number of nitrogens with two attached hydrogens (primary N) is 1. The molecule has 2 aliphatic rings. The Labute approximate surface area is 189 Å². The average Bonchev–Trinajstić information content (AvgIpc) is 3.60. The van der Waals surface area contributed by atoms with Gasteiger partial charge in [-0.1, -0.05) is 0 Å². The lowest BCUT2D eigenvalue weighted by atomic mass is 10.1. The van der Waals surface area contributed by atoms with Crippen molar-refractivity contribution < 1.29 is 22.3 Å². The number of nitrogens with zero attached hydrogens (tertiary/aromatic N) is 5. The number of nitriles is 1. The summed E-state index contributed by atoms with van der Waals surface area (Å²) in [5.74, 6) is -1.27. The van der Waals surface area contributed by atoms with E-state index in [0.717, 1.165) is 37.8 Å². The van der Waals surface area contributed by atoms with Crippen molar-refractivity contribution in [2.24, 2.45) is 0 Å². The van der Waals surface area contributed by atoms with E-state index < -0.39 is 27.8 Å². The van der Waals surface area contributed by atoms with Crippen LogP contribution in [-0.4, -0.2) is 56.9 Å². The number of anilines is 1. The van der Waals surface area contributed by atoms with Crippen molar-refractivity contribution >= 4 is 21.5 Å². The summed E-state index contributed by atoms with van der Waals surface area (Å²) < 4.78 is 53.8. The summed E-state index contributed by atoms with van der Waals surface area (Å²) in [4.78, 5) is 3.69. The second-order valence-electron chi connectivity index (χ2n) is 8.00. The van der Waals surface area contributed by atoms with Crippen molar-refractivity contribution in [1.29, 1.82) is 5.26 Å². The van der Waals surface area contributed by atoms with Gasteiger partial charge in [-0.15, -0.1) is 5.10 Å². The van der Waals surface area contributed by atoms with Crippen LogP contribution in [0.15, 0.2) is 30.5 Å². The van der Waals surface area contributed by atoms with Crippen LogP contribution in [0.25, 0.3) is 16.8 Å². The molecule has 5 rings (SSSR count). The van der Waals surface area contributed by atoms with E-state index in [1.807, 2.05) is 6.07 Å². The zero-order chi connectivity index (χ0) is 23.8. The van der Waals surface area contributed by atoms with Gasteiger partial charge in [-0.25, -0.2) is 26.7 Å². The maximum atomic E-state index is 14.0. The van der Waals surface area contributed by atoms with Crippen LogP contribution in [0.2, 0.25) is 0 Å². The number of aliphatic hydroxyl groups is 1. The van der Waals surface area contributed by atoms with E-state index in [2.05, 4.69) is 10.1 Å². The molecule has 1 unspecified atom stereocenters. The van der Waals surface area contributed by atoms with Crippen LogP contribution in [0.4, 0.5) is 14.7 Å². The van der Waals surface area contributed by atoms with Gasteiger partial charge in [0.25, 0.3) is 0 Å². The van der Waals surface area contributed by atoms with E-state index >= 15 is 0 Å². The van der Waals surface area contributed by atoms with E-state index in [1.165, 1.54) is 27.2 Å². The van der Waals surface area contributed by atoms with Crippen LogP contribution in [0.5, 0.6) is 0 Å². The third-order valence-electron chi connectivity index (χ3n) is 5.52. The Bertz CT molecular complexity index is 1330. The Kier molecular flexibility index (Phi) is 6.29. The summed E-state index contributed by atoms with van der Waals surface area (Å²) in [6, 6.07) is 6.90. The van der Waals surface area contributed by atoms with Gasteiger partial charge < -0.3 is 10.8 Å². The number of aliphatic hydroxyl groups excluding tert-OH is 1. The molecule has 3 aromatic rings. The molecule has 0 spiro atoms. The fourth-order valence-corrected chi connectivity index (χ4v) is 5.60. The number of aromatic nitrogens is 3. The van der Waals surface area contributed by atoms with Gasteiger partial charge in [0.05, 0.1) is 34.9 Å². The van der Waals surface area contributed by atoms with Crippen LogP contribution in [0.1, 0.15) is 31.2 Å². The molecular formula is C21H22F2N6O3S. The summed E-state index contributed by atoms with van der Waals surface area (Å²) in [7, 11) is -3.05. The zero-order valence-corrected chi connectivity index (χ0v) is 18.3. The van der Waals surface area contributed by atoms with Crippen molar-refractivity contribution in [2.45, 2.75) is 37.0 Å². The van der Waals surface area contributed by atoms with Gasteiger partial charge in [0.1, 0.15) is 11.3 Å². The van der Waals surface area contributed by atoms with Crippen LogP contribution in [0, 0.1) is 23.0 Å². The normalized spacial score (nSPS) is 19.0. The first kappa shape index (κ1) is 23.0. The Morgan fingerprint density at radius 1 is 1.18 bits per heavy atom. The third-order valence-corrected chi connectivity index (χ3v) is 7.89. The van der Waals surface area contributed by atoms with Crippen molar-refractivity contribution in [2.75, 3.05) is 18.8 Å². The maximum absolute atomic E-state index is 14.0. The summed E-state index contributed by atoms with van der Waals surface area (Å²) in [5.41, 5.74) is 6.07. The fourth-order valence-electron chi connectivity index (χ4n) is 3.68. The smallest absolute Gasteiger partial charge is 0.238 e. The number of fused-ring (bicyclic) bond motifs is 1. The van der Waals surface area contributed by atoms with Gasteiger partial charge in [0.2, 0.25) is 16.0 Å². The standard InChI is InChI=1S/C13H7F2N5.C8H15NO3S/c14-9-3-7(5-16)1-2-8(9)11-4-10(15)12-6-18-13(17)19-20(11)12;10-7-2-1-5-9(6-7)13(11,12)8-3-4-8/h1-4,6H,(H2,17,19);7-8,10H,1-6H2. The first-order chi connectivity index (χ1) is 15.7. The highest BCUT2D eigenvalue weighted by Crippen LogP contribution is 2.32. The van der Waals surface area contributed by atoms with Crippen LogP contribution < -0.4 is 5.73 Å². The molecule has 2 fully saturated rings. The Balaban J connectivity index is 0.000000172. The molecule has 1 saturated carbocycles. The van der Waals surface area contributed by atoms with E-state index in [9.17, 15) is 22.3 Å². The molecule has 0 bridgehead atoms. The molecule has 3 heterocycles. The van der Waals surface area contributed by atoms with Crippen molar-refractivity contribution in [3.05, 3.63) is 47.7 Å². The zero-order valence-electron chi connectivity index (χ0n) is 17.5. The molecule has 0 amide bonds. The van der Waals surface area contributed by atoms with E-state index in [-0.39, 0.29) is 33.5 Å². The Morgan fingerprint density at radius 2 is 1.94 bits per heavy atom. The minimum atomic E-state index is -3.05. The van der Waals surface area contributed by atoms with Crippen molar-refractivity contribution in [3.63, 3.8) is 0 Å². The molecular weight excluding hydrogens is 454 g/mol. The molecule has 33 heavy (non-hydrogen) atoms. The molecule has 1 aliphatic carbocycles. The number of piperidine rings is 1. The van der Waals surface area contributed by atoms with Gasteiger partial charge in [-0.05, 0) is 43.9 Å². The molecule has 3 N–H and O–H groups in total. The summed E-state index contributed by atoms with van der Waals surface area (Å²) >= 11 is 0. The summed E-state index contributed by atoms with van der Waals surface area (Å²) in [6.45, 7) is 0.898. The molecule has 174 valence electrons. The number of rotatable bonds is 3. The van der Waals surface area contributed by atoms with Gasteiger partial charge in [-0.2, -0.15) is 9.57 Å². The van der Waals surface area contributed by atoms with Gasteiger partial charge in [0, 0.05) is 24.7 Å². The quantitative estimate of drug-likeness (QED) is 0.590. The molecule has 12 heteroatoms. The predicted molar refractivity (Wildman–Crippen MR) is 116 cm³/mol. The van der Waals surface area contributed by atoms with Crippen LogP contribution in [0.3, 0.4) is 0 Å². The highest BCUT2D eigenvalue weighted by molar-refractivity contribution is 7.90. The van der Waals surface area contributed by atoms with Crippen molar-refractivity contribution in [3.8, 4) is 17.3 Å². The largest absolute Gasteiger partial charge is 0.392 e. The number of β-amino-alcohol motifs (C(OH)–C–C–N with tert-alkyl or cyclic N) is 1. The Morgan fingerprint density at radius 3 is 2.58 bits per heavy atom. The molecule has 0 radical (unpaired) electrons. The topological polar surface area (TPSA) is 138 Å². The monoisotopic (exact) mass is 476 g/mol. The predicted octanol–water partition coefficient (Wildman–Crippen LogP) is 2.06. The SMILES string of the molecule is N#Cc1ccc(-c2cc(F)c3cnc(N)nn23)c(F)c1.O=S(=O)(C1CC1)N1CCCC(O)C1. The molecule has 1 aromatic carbocycles. The minimum absolute atomic E-state index is 0.0524. The highest BCUT2D eigenvalue weighted by Gasteiger charge is 2.41. The summed E-state index contributed by atoms with van der Waals surface area (Å²) in [6.07, 6.45) is 3.89. The van der Waals surface area contributed by atoms with Crippen LogP contribution >= 0.6 is 0 Å². The number of hydrogen-bond acceptors (Lipinski definition) is 7. The van der Waals surface area contributed by atoms with E-state index in [1.54, 1.807) is 0 Å². The average molecular weight is 477 g/mol. The lowest BCUT2D eigenvalue weighted by Gasteiger charge is -2.29. The lowest BCUT2D eigenvalue weighted by Crippen LogP contribution is -2.43. The molecule has 2 aromatic heterocycles. The number of halogens is 2. The first-order valence-corrected chi connectivity index (χ1v) is 11.9. The van der Waals surface area contributed by atoms with Gasteiger partial charge >= 0.3 is 0 Å². The fraction of sp³-hybridized carbons (Fsp3) is 0.381. The molecule has 9 nitrogen and oxygen atoms in total. The molecule has 1 aliphatic heterocycles. The van der Waals surface area contributed by atoms with E-state index in [4.69, 9.17) is 11.0 Å². The van der Waals surface area contributed by atoms with Crippen LogP contribution in [-0.2, 0) is 10.0 Å². The number of sulfonamides is 1.